The van der Waals surface area contributed by atoms with Crippen molar-refractivity contribution in [2.75, 3.05) is 11.9 Å². The van der Waals surface area contributed by atoms with Crippen LogP contribution in [-0.2, 0) is 6.54 Å². The van der Waals surface area contributed by atoms with E-state index in [0.717, 1.165) is 27.7 Å². The molecule has 0 aliphatic heterocycles. The van der Waals surface area contributed by atoms with E-state index in [1.54, 1.807) is 22.6 Å². The summed E-state index contributed by atoms with van der Waals surface area (Å²) in [4.78, 5) is 27.1. The highest BCUT2D eigenvalue weighted by Crippen LogP contribution is 2.26. The van der Waals surface area contributed by atoms with Gasteiger partial charge in [-0.25, -0.2) is 0 Å². The molecule has 0 N–H and O–H groups in total. The second kappa shape index (κ2) is 7.39. The number of anilines is 1. The fourth-order valence-electron chi connectivity index (χ4n) is 3.49. The lowest BCUT2D eigenvalue weighted by atomic mass is 9.97. The van der Waals surface area contributed by atoms with Crippen LogP contribution in [-0.4, -0.2) is 17.5 Å². The first-order valence-corrected chi connectivity index (χ1v) is 9.35. The van der Waals surface area contributed by atoms with E-state index in [2.05, 4.69) is 13.8 Å². The molecular formula is C23H26N2O2. The molecule has 4 nitrogen and oxygen atoms in total. The maximum Gasteiger partial charge on any atom is 0.258 e. The van der Waals surface area contributed by atoms with Crippen LogP contribution in [0.2, 0.25) is 0 Å². The fraction of sp³-hybridized carbons (Fsp3) is 0.304. The predicted octanol–water partition coefficient (Wildman–Crippen LogP) is 4.73. The van der Waals surface area contributed by atoms with E-state index >= 15 is 0 Å². The van der Waals surface area contributed by atoms with Crippen molar-refractivity contribution in [1.29, 1.82) is 0 Å². The van der Waals surface area contributed by atoms with Crippen molar-refractivity contribution in [3.63, 3.8) is 0 Å². The Morgan fingerprint density at radius 3 is 2.48 bits per heavy atom. The van der Waals surface area contributed by atoms with Crippen LogP contribution in [0.1, 0.15) is 48.2 Å². The maximum atomic E-state index is 13.1. The highest BCUT2D eigenvalue weighted by molar-refractivity contribution is 6.07. The monoisotopic (exact) mass is 362 g/mol. The summed E-state index contributed by atoms with van der Waals surface area (Å²) in [5, 5.41) is 0.968. The lowest BCUT2D eigenvalue weighted by Gasteiger charge is -2.19. The molecule has 2 aromatic carbocycles. The lowest BCUT2D eigenvalue weighted by Crippen LogP contribution is -2.26. The van der Waals surface area contributed by atoms with Crippen molar-refractivity contribution in [1.82, 2.24) is 4.57 Å². The third kappa shape index (κ3) is 3.52. The first-order chi connectivity index (χ1) is 12.8. The van der Waals surface area contributed by atoms with E-state index < -0.39 is 0 Å². The molecule has 0 fully saturated rings. The SMILES string of the molecule is CCn1c(=O)cc(C(C)C)c2cc(C(=O)N(C)c3cccc(C)c3)ccc21. The number of pyridine rings is 1. The Morgan fingerprint density at radius 2 is 1.85 bits per heavy atom. The Bertz CT molecular complexity index is 1060. The van der Waals surface area contributed by atoms with Crippen molar-refractivity contribution in [2.45, 2.75) is 40.2 Å². The molecule has 0 saturated heterocycles. The van der Waals surface area contributed by atoms with Crippen LogP contribution in [0.4, 0.5) is 5.69 Å². The molecule has 0 radical (unpaired) electrons. The number of rotatable bonds is 4. The fourth-order valence-corrected chi connectivity index (χ4v) is 3.49. The van der Waals surface area contributed by atoms with Crippen molar-refractivity contribution in [2.24, 2.45) is 0 Å². The average molecular weight is 362 g/mol. The van der Waals surface area contributed by atoms with Crippen LogP contribution in [0.15, 0.2) is 53.3 Å². The number of fused-ring (bicyclic) bond motifs is 1. The number of amides is 1. The summed E-state index contributed by atoms with van der Waals surface area (Å²) >= 11 is 0. The van der Waals surface area contributed by atoms with Gasteiger partial charge in [-0.3, -0.25) is 9.59 Å². The minimum Gasteiger partial charge on any atom is -0.311 e. The van der Waals surface area contributed by atoms with Gasteiger partial charge in [0.1, 0.15) is 0 Å². The van der Waals surface area contributed by atoms with Crippen LogP contribution < -0.4 is 10.5 Å². The first kappa shape index (κ1) is 18.9. The summed E-state index contributed by atoms with van der Waals surface area (Å²) in [6, 6.07) is 15.2. The Hall–Kier alpha value is -2.88. The number of carbonyl (C=O) groups is 1. The second-order valence-corrected chi connectivity index (χ2v) is 7.27. The zero-order chi connectivity index (χ0) is 19.7. The molecule has 0 aliphatic rings. The van der Waals surface area contributed by atoms with Gasteiger partial charge in [-0.1, -0.05) is 26.0 Å². The molecule has 0 bridgehead atoms. The van der Waals surface area contributed by atoms with Gasteiger partial charge in [-0.05, 0) is 61.2 Å². The number of aryl methyl sites for hydroxylation is 2. The van der Waals surface area contributed by atoms with Gasteiger partial charge in [-0.2, -0.15) is 0 Å². The summed E-state index contributed by atoms with van der Waals surface area (Å²) in [7, 11) is 1.79. The normalized spacial score (nSPS) is 11.2. The van der Waals surface area contributed by atoms with E-state index in [9.17, 15) is 9.59 Å². The van der Waals surface area contributed by atoms with Gasteiger partial charge in [0.25, 0.3) is 11.5 Å². The number of carbonyl (C=O) groups excluding carboxylic acids is 1. The van der Waals surface area contributed by atoms with Gasteiger partial charge in [0.05, 0.1) is 5.52 Å². The summed E-state index contributed by atoms with van der Waals surface area (Å²) < 4.78 is 1.75. The third-order valence-electron chi connectivity index (χ3n) is 5.02. The molecule has 1 heterocycles. The van der Waals surface area contributed by atoms with Gasteiger partial charge in [0, 0.05) is 36.3 Å². The molecule has 0 aliphatic carbocycles. The van der Waals surface area contributed by atoms with E-state index in [0.29, 0.717) is 12.1 Å². The van der Waals surface area contributed by atoms with Crippen LogP contribution in [0.5, 0.6) is 0 Å². The minimum absolute atomic E-state index is 0.00431. The third-order valence-corrected chi connectivity index (χ3v) is 5.02. The largest absolute Gasteiger partial charge is 0.311 e. The van der Waals surface area contributed by atoms with Crippen molar-refractivity contribution < 1.29 is 4.79 Å². The maximum absolute atomic E-state index is 13.1. The van der Waals surface area contributed by atoms with Crippen LogP contribution >= 0.6 is 0 Å². The first-order valence-electron chi connectivity index (χ1n) is 9.35. The average Bonchev–Trinajstić information content (AvgIpc) is 2.65. The highest BCUT2D eigenvalue weighted by atomic mass is 16.2. The molecule has 3 aromatic rings. The Balaban J connectivity index is 2.13. The predicted molar refractivity (Wildman–Crippen MR) is 112 cm³/mol. The van der Waals surface area contributed by atoms with Gasteiger partial charge < -0.3 is 9.47 Å². The second-order valence-electron chi connectivity index (χ2n) is 7.27. The molecule has 27 heavy (non-hydrogen) atoms. The Labute approximate surface area is 160 Å². The summed E-state index contributed by atoms with van der Waals surface area (Å²) in [5.41, 5.74) is 4.46. The zero-order valence-electron chi connectivity index (χ0n) is 16.6. The molecule has 1 amide bonds. The molecule has 3 rings (SSSR count). The molecular weight excluding hydrogens is 336 g/mol. The summed E-state index contributed by atoms with van der Waals surface area (Å²) in [6.07, 6.45) is 0. The molecule has 0 unspecified atom stereocenters. The number of aromatic nitrogens is 1. The standard InChI is InChI=1S/C23H26N2O2/c1-6-25-21-11-10-17(13-20(21)19(15(2)3)14-22(25)26)23(27)24(5)18-9-7-8-16(4)12-18/h7-15H,6H2,1-5H3. The smallest absolute Gasteiger partial charge is 0.258 e. The Morgan fingerprint density at radius 1 is 1.11 bits per heavy atom. The minimum atomic E-state index is -0.0635. The molecule has 0 atom stereocenters. The van der Waals surface area contributed by atoms with E-state index in [1.165, 1.54) is 0 Å². The van der Waals surface area contributed by atoms with Crippen molar-refractivity contribution >= 4 is 22.5 Å². The van der Waals surface area contributed by atoms with Crippen LogP contribution in [0.25, 0.3) is 10.9 Å². The van der Waals surface area contributed by atoms with Crippen LogP contribution in [0, 0.1) is 6.92 Å². The van der Waals surface area contributed by atoms with Gasteiger partial charge in [0.15, 0.2) is 0 Å². The van der Waals surface area contributed by atoms with Gasteiger partial charge in [-0.15, -0.1) is 0 Å². The summed E-state index contributed by atoms with van der Waals surface area (Å²) in [5.74, 6) is 0.137. The van der Waals surface area contributed by atoms with Gasteiger partial charge >= 0.3 is 0 Å². The van der Waals surface area contributed by atoms with Crippen LogP contribution in [0.3, 0.4) is 0 Å². The number of hydrogen-bond acceptors (Lipinski definition) is 2. The highest BCUT2D eigenvalue weighted by Gasteiger charge is 2.17. The Kier molecular flexibility index (Phi) is 5.17. The number of hydrogen-bond donors (Lipinski definition) is 0. The van der Waals surface area contributed by atoms with Crippen molar-refractivity contribution in [3.8, 4) is 0 Å². The van der Waals surface area contributed by atoms with Gasteiger partial charge in [0.2, 0.25) is 0 Å². The van der Waals surface area contributed by atoms with E-state index in [1.807, 2.05) is 56.3 Å². The number of benzene rings is 2. The zero-order valence-corrected chi connectivity index (χ0v) is 16.6. The summed E-state index contributed by atoms with van der Waals surface area (Å²) in [6.45, 7) is 8.71. The van der Waals surface area contributed by atoms with E-state index in [4.69, 9.17) is 0 Å². The van der Waals surface area contributed by atoms with Crippen molar-refractivity contribution in [3.05, 3.63) is 75.6 Å². The molecule has 4 heteroatoms. The lowest BCUT2D eigenvalue weighted by molar-refractivity contribution is 0.0993. The molecule has 1 aromatic heterocycles. The molecule has 140 valence electrons. The molecule has 0 saturated carbocycles. The number of nitrogens with zero attached hydrogens (tertiary/aromatic N) is 2. The topological polar surface area (TPSA) is 42.3 Å². The molecule has 0 spiro atoms. The van der Waals surface area contributed by atoms with E-state index in [-0.39, 0.29) is 17.4 Å². The quantitative estimate of drug-likeness (QED) is 0.673.